The molecular weight excluding hydrogens is 475 g/mol. The second-order valence-corrected chi connectivity index (χ2v) is 11.4. The first-order chi connectivity index (χ1) is 18.7. The lowest BCUT2D eigenvalue weighted by Gasteiger charge is -2.37. The molecule has 0 aromatic heterocycles. The van der Waals surface area contributed by atoms with Crippen LogP contribution in [0.1, 0.15) is 27.7 Å². The van der Waals surface area contributed by atoms with Gasteiger partial charge in [0, 0.05) is 0 Å². The topological polar surface area (TPSA) is 29.5 Å². The Labute approximate surface area is 231 Å². The van der Waals surface area contributed by atoms with Gasteiger partial charge >= 0.3 is 7.48 Å². The van der Waals surface area contributed by atoms with Crippen LogP contribution in [-0.2, 0) is 4.65 Å². The zero-order chi connectivity index (χ0) is 27.2. The molecule has 0 aliphatic carbocycles. The summed E-state index contributed by atoms with van der Waals surface area (Å²) >= 11 is 0. The molecule has 0 atom stereocenters. The van der Waals surface area contributed by atoms with Gasteiger partial charge in [0.1, 0.15) is 0 Å². The Hall–Kier alpha value is -3.92. The van der Waals surface area contributed by atoms with Crippen molar-refractivity contribution >= 4 is 45.3 Å². The maximum absolute atomic E-state index is 10.6. The lowest BCUT2D eigenvalue weighted by atomic mass is 9.77. The van der Waals surface area contributed by atoms with Crippen molar-refractivity contribution in [2.75, 3.05) is 0 Å². The van der Waals surface area contributed by atoms with Crippen LogP contribution in [-0.4, -0.2) is 23.8 Å². The van der Waals surface area contributed by atoms with E-state index in [1.165, 1.54) is 49.0 Å². The van der Waals surface area contributed by atoms with Crippen LogP contribution in [0.25, 0.3) is 54.6 Å². The summed E-state index contributed by atoms with van der Waals surface area (Å²) in [7, 11) is 0.413. The molecule has 39 heavy (non-hydrogen) atoms. The van der Waals surface area contributed by atoms with Crippen molar-refractivity contribution in [2.45, 2.75) is 38.9 Å². The summed E-state index contributed by atoms with van der Waals surface area (Å²) in [6.07, 6.45) is 0. The average molecular weight is 508 g/mol. The summed E-state index contributed by atoms with van der Waals surface area (Å²) in [5.41, 5.74) is 4.13. The van der Waals surface area contributed by atoms with Crippen molar-refractivity contribution in [3.63, 3.8) is 0 Å². The average Bonchev–Trinajstić information content (AvgIpc) is 2.95. The summed E-state index contributed by atoms with van der Waals surface area (Å²) in [4.78, 5) is 0. The standard InChI is InChI=1S/C36H33BO2/c1-35(2,38)36(3,4)39-37-34-20-12-11-19-32(34)26-14-6-5-13-25(26)24-21-22-31-29-17-8-7-15-27(29)28-16-9-10-18-30(28)33(31)23-24/h5-23,37-38H,1-4H3. The summed E-state index contributed by atoms with van der Waals surface area (Å²) in [5.74, 6) is 0. The Balaban J connectivity index is 1.50. The maximum Gasteiger partial charge on any atom is 0.310 e. The fraction of sp³-hybridized carbons (Fsp3) is 0.167. The van der Waals surface area contributed by atoms with Gasteiger partial charge in [0.15, 0.2) is 0 Å². The molecule has 192 valence electrons. The van der Waals surface area contributed by atoms with Crippen LogP contribution in [0.3, 0.4) is 0 Å². The quantitative estimate of drug-likeness (QED) is 0.182. The summed E-state index contributed by atoms with van der Waals surface area (Å²) in [6, 6.07) is 41.3. The molecule has 0 saturated carbocycles. The van der Waals surface area contributed by atoms with Gasteiger partial charge < -0.3 is 9.76 Å². The minimum absolute atomic E-state index is 0.413. The van der Waals surface area contributed by atoms with Crippen molar-refractivity contribution in [1.82, 2.24) is 0 Å². The zero-order valence-electron chi connectivity index (χ0n) is 23.0. The van der Waals surface area contributed by atoms with Crippen molar-refractivity contribution in [2.24, 2.45) is 0 Å². The number of fused-ring (bicyclic) bond motifs is 6. The van der Waals surface area contributed by atoms with Gasteiger partial charge in [-0.05, 0) is 93.8 Å². The highest BCUT2D eigenvalue weighted by atomic mass is 16.5. The van der Waals surface area contributed by atoms with E-state index in [0.717, 1.165) is 11.0 Å². The molecule has 0 bridgehead atoms. The van der Waals surface area contributed by atoms with Gasteiger partial charge in [0.25, 0.3) is 0 Å². The Morgan fingerprint density at radius 2 is 0.974 bits per heavy atom. The zero-order valence-corrected chi connectivity index (χ0v) is 23.0. The number of benzene rings is 6. The van der Waals surface area contributed by atoms with E-state index in [9.17, 15) is 5.11 Å². The molecule has 0 fully saturated rings. The van der Waals surface area contributed by atoms with E-state index >= 15 is 0 Å². The van der Waals surface area contributed by atoms with Crippen LogP contribution in [0.5, 0.6) is 0 Å². The third-order valence-corrected chi connectivity index (χ3v) is 8.35. The second kappa shape index (κ2) is 9.68. The number of rotatable bonds is 6. The normalized spacial score (nSPS) is 12.3. The molecule has 0 amide bonds. The predicted molar refractivity (Wildman–Crippen MR) is 168 cm³/mol. The molecule has 1 N–H and O–H groups in total. The molecule has 0 aliphatic heterocycles. The predicted octanol–water partition coefficient (Wildman–Crippen LogP) is 8.02. The van der Waals surface area contributed by atoms with Crippen LogP contribution in [0.4, 0.5) is 0 Å². The highest BCUT2D eigenvalue weighted by molar-refractivity contribution is 6.49. The Bertz CT molecular complexity index is 1790. The summed E-state index contributed by atoms with van der Waals surface area (Å²) in [6.45, 7) is 7.46. The third kappa shape index (κ3) is 4.52. The van der Waals surface area contributed by atoms with Crippen molar-refractivity contribution in [3.05, 3.63) is 115 Å². The van der Waals surface area contributed by atoms with E-state index in [4.69, 9.17) is 4.65 Å². The van der Waals surface area contributed by atoms with E-state index in [2.05, 4.69) is 115 Å². The SMILES string of the molecule is CC(C)(O)C(C)(C)OBc1ccccc1-c1ccccc1-c1ccc2c3ccccc3c3ccccc3c2c1. The molecule has 6 rings (SSSR count). The van der Waals surface area contributed by atoms with Crippen molar-refractivity contribution in [1.29, 1.82) is 0 Å². The molecule has 0 saturated heterocycles. The van der Waals surface area contributed by atoms with E-state index in [1.54, 1.807) is 13.8 Å². The fourth-order valence-corrected chi connectivity index (χ4v) is 5.39. The molecular formula is C36H33BO2. The van der Waals surface area contributed by atoms with E-state index < -0.39 is 11.2 Å². The number of aliphatic hydroxyl groups is 1. The first kappa shape index (κ1) is 25.4. The molecule has 6 aromatic carbocycles. The van der Waals surface area contributed by atoms with Gasteiger partial charge in [-0.1, -0.05) is 109 Å². The van der Waals surface area contributed by atoms with Crippen LogP contribution in [0, 0.1) is 0 Å². The lowest BCUT2D eigenvalue weighted by molar-refractivity contribution is -0.0893. The number of hydrogen-bond acceptors (Lipinski definition) is 2. The van der Waals surface area contributed by atoms with Crippen LogP contribution >= 0.6 is 0 Å². The number of hydrogen-bond donors (Lipinski definition) is 1. The summed E-state index contributed by atoms with van der Waals surface area (Å²) in [5, 5.41) is 18.3. The molecule has 0 unspecified atom stereocenters. The third-order valence-electron chi connectivity index (χ3n) is 8.35. The lowest BCUT2D eigenvalue weighted by Crippen LogP contribution is -2.49. The van der Waals surface area contributed by atoms with Gasteiger partial charge in [-0.2, -0.15) is 0 Å². The van der Waals surface area contributed by atoms with E-state index in [-0.39, 0.29) is 0 Å². The fourth-order valence-electron chi connectivity index (χ4n) is 5.39. The van der Waals surface area contributed by atoms with Gasteiger partial charge in [0.2, 0.25) is 0 Å². The highest BCUT2D eigenvalue weighted by Crippen LogP contribution is 2.39. The van der Waals surface area contributed by atoms with Crippen LogP contribution < -0.4 is 5.46 Å². The van der Waals surface area contributed by atoms with Crippen molar-refractivity contribution < 1.29 is 9.76 Å². The summed E-state index contributed by atoms with van der Waals surface area (Å²) < 4.78 is 6.28. The largest absolute Gasteiger partial charge is 0.427 e. The van der Waals surface area contributed by atoms with E-state index in [0.29, 0.717) is 7.48 Å². The molecule has 0 heterocycles. The molecule has 2 nitrogen and oxygen atoms in total. The smallest absolute Gasteiger partial charge is 0.310 e. The van der Waals surface area contributed by atoms with Crippen molar-refractivity contribution in [3.8, 4) is 22.3 Å². The molecule has 0 radical (unpaired) electrons. The minimum Gasteiger partial charge on any atom is -0.427 e. The van der Waals surface area contributed by atoms with Crippen LogP contribution in [0.2, 0.25) is 0 Å². The Kier molecular flexibility index (Phi) is 6.30. The monoisotopic (exact) mass is 508 g/mol. The Morgan fingerprint density at radius 3 is 1.56 bits per heavy atom. The Morgan fingerprint density at radius 1 is 0.513 bits per heavy atom. The highest BCUT2D eigenvalue weighted by Gasteiger charge is 2.35. The van der Waals surface area contributed by atoms with E-state index in [1.807, 2.05) is 13.8 Å². The van der Waals surface area contributed by atoms with Crippen LogP contribution in [0.15, 0.2) is 115 Å². The molecule has 6 aromatic rings. The van der Waals surface area contributed by atoms with Gasteiger partial charge in [-0.25, -0.2) is 0 Å². The van der Waals surface area contributed by atoms with Gasteiger partial charge in [-0.15, -0.1) is 0 Å². The molecule has 3 heteroatoms. The molecule has 0 spiro atoms. The first-order valence-corrected chi connectivity index (χ1v) is 13.6. The van der Waals surface area contributed by atoms with Gasteiger partial charge in [-0.3, -0.25) is 0 Å². The van der Waals surface area contributed by atoms with Gasteiger partial charge in [0.05, 0.1) is 11.2 Å². The molecule has 0 aliphatic rings. The first-order valence-electron chi connectivity index (χ1n) is 13.6. The minimum atomic E-state index is -0.960. The maximum atomic E-state index is 10.6. The second-order valence-electron chi connectivity index (χ2n) is 11.4.